The van der Waals surface area contributed by atoms with E-state index < -0.39 is 0 Å². The fraction of sp³-hybridized carbons (Fsp3) is 0.500. The molecular weight excluding hydrogens is 163 g/mol. The van der Waals surface area contributed by atoms with E-state index in [-0.39, 0.29) is 5.83 Å². The largest absolute Gasteiger partial charge is 0.207 e. The van der Waals surface area contributed by atoms with Crippen molar-refractivity contribution in [2.45, 2.75) is 41.5 Å². The van der Waals surface area contributed by atoms with Gasteiger partial charge in [-0.15, -0.1) is 0 Å². The fourth-order valence-electron chi connectivity index (χ4n) is 0.314. The maximum Gasteiger partial charge on any atom is 0.122 e. The highest BCUT2D eigenvalue weighted by Gasteiger charge is 1.79. The molecule has 0 nitrogen and oxygen atoms in total. The topological polar surface area (TPSA) is 0 Å². The van der Waals surface area contributed by atoms with Gasteiger partial charge in [0.1, 0.15) is 5.83 Å². The van der Waals surface area contributed by atoms with Gasteiger partial charge in [-0.05, 0) is 26.0 Å². The number of halogens is 1. The molecule has 0 spiro atoms. The predicted octanol–water partition coefficient (Wildman–Crippen LogP) is 5.04. The van der Waals surface area contributed by atoms with Crippen LogP contribution >= 0.6 is 0 Å². The Bertz CT molecular complexity index is 149. The van der Waals surface area contributed by atoms with E-state index in [1.54, 1.807) is 6.08 Å². The monoisotopic (exact) mass is 186 g/mol. The van der Waals surface area contributed by atoms with Gasteiger partial charge in [-0.25, -0.2) is 4.39 Å². The molecule has 0 rings (SSSR count). The highest BCUT2D eigenvalue weighted by Crippen LogP contribution is 1.98. The van der Waals surface area contributed by atoms with Gasteiger partial charge in [-0.3, -0.25) is 0 Å². The normalized spacial score (nSPS) is 8.38. The molecule has 0 aliphatic rings. The first kappa shape index (κ1) is 18.0. The minimum Gasteiger partial charge on any atom is -0.207 e. The maximum absolute atomic E-state index is 12.2. The van der Waals surface area contributed by atoms with Gasteiger partial charge in [0.15, 0.2) is 0 Å². The second-order valence-corrected chi connectivity index (χ2v) is 2.00. The van der Waals surface area contributed by atoms with Crippen molar-refractivity contribution in [1.82, 2.24) is 0 Å². The summed E-state index contributed by atoms with van der Waals surface area (Å²) < 4.78 is 12.2. The minimum atomic E-state index is -0.295. The van der Waals surface area contributed by atoms with Gasteiger partial charge >= 0.3 is 0 Å². The summed E-state index contributed by atoms with van der Waals surface area (Å²) in [5.74, 6) is -0.295. The molecule has 13 heavy (non-hydrogen) atoms. The van der Waals surface area contributed by atoms with Crippen LogP contribution in [0.15, 0.2) is 36.2 Å². The second-order valence-electron chi connectivity index (χ2n) is 2.00. The van der Waals surface area contributed by atoms with Gasteiger partial charge in [-0.2, -0.15) is 0 Å². The van der Waals surface area contributed by atoms with Crippen molar-refractivity contribution in [3.05, 3.63) is 36.2 Å². The fourth-order valence-corrected chi connectivity index (χ4v) is 0.314. The van der Waals surface area contributed by atoms with Gasteiger partial charge in [0.2, 0.25) is 0 Å². The Kier molecular flexibility index (Phi) is 24.0. The van der Waals surface area contributed by atoms with Crippen LogP contribution in [0, 0.1) is 0 Å². The molecule has 78 valence electrons. The van der Waals surface area contributed by atoms with E-state index in [4.69, 9.17) is 0 Å². The molecule has 0 saturated heterocycles. The predicted molar refractivity (Wildman–Crippen MR) is 61.5 cm³/mol. The molecular formula is C12H23F. The van der Waals surface area contributed by atoms with Crippen LogP contribution in [0.25, 0.3) is 0 Å². The van der Waals surface area contributed by atoms with Crippen LogP contribution in [0.1, 0.15) is 41.5 Å². The van der Waals surface area contributed by atoms with Crippen LogP contribution in [-0.4, -0.2) is 0 Å². The molecule has 0 aromatic heterocycles. The van der Waals surface area contributed by atoms with Crippen molar-refractivity contribution < 1.29 is 4.39 Å². The van der Waals surface area contributed by atoms with Gasteiger partial charge in [0.25, 0.3) is 0 Å². The molecule has 0 aliphatic heterocycles. The average molecular weight is 186 g/mol. The van der Waals surface area contributed by atoms with Crippen molar-refractivity contribution in [3.8, 4) is 0 Å². The summed E-state index contributed by atoms with van der Waals surface area (Å²) in [5.41, 5.74) is 1.08. The molecule has 0 fully saturated rings. The molecule has 0 aromatic rings. The summed E-state index contributed by atoms with van der Waals surface area (Å²) in [7, 11) is 0. The summed E-state index contributed by atoms with van der Waals surface area (Å²) in [5, 5.41) is 0. The lowest BCUT2D eigenvalue weighted by molar-refractivity contribution is 0.667. The van der Waals surface area contributed by atoms with Crippen LogP contribution in [-0.2, 0) is 0 Å². The third-order valence-corrected chi connectivity index (χ3v) is 0.771. The minimum absolute atomic E-state index is 0.295. The number of hydrogen-bond acceptors (Lipinski definition) is 0. The Morgan fingerprint density at radius 1 is 1.00 bits per heavy atom. The van der Waals surface area contributed by atoms with E-state index >= 15 is 0 Å². The van der Waals surface area contributed by atoms with Gasteiger partial charge in [0.05, 0.1) is 0 Å². The van der Waals surface area contributed by atoms with Crippen LogP contribution in [0.3, 0.4) is 0 Å². The zero-order chi connectivity index (χ0) is 11.3. The molecule has 0 heterocycles. The molecule has 0 N–H and O–H groups in total. The molecule has 0 aromatic carbocycles. The summed E-state index contributed by atoms with van der Waals surface area (Å²) in [4.78, 5) is 0. The first-order valence-corrected chi connectivity index (χ1v) is 4.80. The first-order chi connectivity index (χ1) is 6.16. The average Bonchev–Trinajstić information content (AvgIpc) is 2.20. The lowest BCUT2D eigenvalue weighted by Gasteiger charge is -1.82. The van der Waals surface area contributed by atoms with Gasteiger partial charge in [-0.1, -0.05) is 45.9 Å². The number of hydrogen-bond donors (Lipinski definition) is 0. The Hall–Kier alpha value is -0.850. The Labute approximate surface area is 82.9 Å². The smallest absolute Gasteiger partial charge is 0.122 e. The number of allylic oxidation sites excluding steroid dienone is 5. The number of rotatable bonds is 2. The quantitative estimate of drug-likeness (QED) is 0.530. The summed E-state index contributed by atoms with van der Waals surface area (Å²) in [6.07, 6.45) is 4.28. The molecule has 1 heteroatoms. The van der Waals surface area contributed by atoms with Gasteiger partial charge in [0, 0.05) is 0 Å². The second kappa shape index (κ2) is 17.3. The van der Waals surface area contributed by atoms with Crippen molar-refractivity contribution in [2.24, 2.45) is 0 Å². The van der Waals surface area contributed by atoms with E-state index in [0.29, 0.717) is 0 Å². The lowest BCUT2D eigenvalue weighted by atomic mass is 10.3. The van der Waals surface area contributed by atoms with E-state index in [9.17, 15) is 4.39 Å². The Balaban J connectivity index is -0.000000218. The van der Waals surface area contributed by atoms with Crippen LogP contribution < -0.4 is 0 Å². The van der Waals surface area contributed by atoms with Crippen molar-refractivity contribution in [1.29, 1.82) is 0 Å². The van der Waals surface area contributed by atoms with E-state index in [1.807, 2.05) is 41.5 Å². The molecule has 0 unspecified atom stereocenters. The molecule has 0 saturated carbocycles. The van der Waals surface area contributed by atoms with Crippen molar-refractivity contribution in [3.63, 3.8) is 0 Å². The molecule has 0 radical (unpaired) electrons. The maximum atomic E-state index is 12.2. The van der Waals surface area contributed by atoms with Crippen LogP contribution in [0.2, 0.25) is 0 Å². The highest BCUT2D eigenvalue weighted by molar-refractivity contribution is 5.17. The molecule has 0 atom stereocenters. The van der Waals surface area contributed by atoms with Crippen molar-refractivity contribution >= 4 is 0 Å². The van der Waals surface area contributed by atoms with Crippen LogP contribution in [0.4, 0.5) is 4.39 Å². The summed E-state index contributed by atoms with van der Waals surface area (Å²) >= 11 is 0. The Morgan fingerprint density at radius 2 is 1.38 bits per heavy atom. The van der Waals surface area contributed by atoms with Gasteiger partial charge < -0.3 is 0 Å². The van der Waals surface area contributed by atoms with E-state index in [0.717, 1.165) is 5.57 Å². The van der Waals surface area contributed by atoms with E-state index in [2.05, 4.69) is 6.58 Å². The Morgan fingerprint density at radius 3 is 1.62 bits per heavy atom. The molecule has 0 amide bonds. The summed E-state index contributed by atoms with van der Waals surface area (Å²) in [6, 6.07) is 0. The SMILES string of the molecule is C=C/C(F)=C\C=C(C)C.CC.CC. The third-order valence-electron chi connectivity index (χ3n) is 0.771. The van der Waals surface area contributed by atoms with E-state index in [1.165, 1.54) is 12.2 Å². The first-order valence-electron chi connectivity index (χ1n) is 4.80. The zero-order valence-electron chi connectivity index (χ0n) is 9.82. The summed E-state index contributed by atoms with van der Waals surface area (Å²) in [6.45, 7) is 15.1. The molecule has 0 bridgehead atoms. The van der Waals surface area contributed by atoms with Crippen LogP contribution in [0.5, 0.6) is 0 Å². The lowest BCUT2D eigenvalue weighted by Crippen LogP contribution is -1.63. The third kappa shape index (κ3) is 24.7. The highest BCUT2D eigenvalue weighted by atomic mass is 19.1. The zero-order valence-corrected chi connectivity index (χ0v) is 9.82. The molecule has 0 aliphatic carbocycles. The van der Waals surface area contributed by atoms with Crippen molar-refractivity contribution in [2.75, 3.05) is 0 Å². The standard InChI is InChI=1S/C8H11F.2C2H6/c1-4-8(9)6-5-7(2)3;2*1-2/h4-6H,1H2,2-3H3;2*1-2H3/b8-6+;;.